The maximum absolute atomic E-state index is 12.6. The smallest absolute Gasteiger partial charge is 0.217 e. The monoisotopic (exact) mass is 1120 g/mol. The lowest BCUT2D eigenvalue weighted by molar-refractivity contribution is -0.123. The van der Waals surface area contributed by atoms with E-state index >= 15 is 0 Å². The number of hydrogen-bond donors (Lipinski definition) is 3. The number of unbranched alkanes of at least 4 members (excludes halogenated alkanes) is 1. The van der Waals surface area contributed by atoms with Crippen LogP contribution in [-0.2, 0) is 46.6 Å². The highest BCUT2D eigenvalue weighted by atomic mass is 28.4. The summed E-state index contributed by atoms with van der Waals surface area (Å²) in [6.45, 7) is 49.6. The summed E-state index contributed by atoms with van der Waals surface area (Å²) in [4.78, 5) is 36.0. The Labute approximate surface area is 467 Å². The average molecular weight is 1120 g/mol. The molecule has 3 rings (SSSR count). The zero-order valence-electron chi connectivity index (χ0n) is 52.0. The summed E-state index contributed by atoms with van der Waals surface area (Å²) in [6.07, 6.45) is 7.17. The van der Waals surface area contributed by atoms with E-state index in [0.29, 0.717) is 44.8 Å². The van der Waals surface area contributed by atoms with Gasteiger partial charge in [0, 0.05) is 19.4 Å². The molecule has 3 N–H and O–H groups in total. The van der Waals surface area contributed by atoms with Crippen molar-refractivity contribution in [3.05, 3.63) is 107 Å². The zero-order chi connectivity index (χ0) is 58.2. The van der Waals surface area contributed by atoms with Gasteiger partial charge in [-0.25, -0.2) is 0 Å². The van der Waals surface area contributed by atoms with Crippen LogP contribution >= 0.6 is 0 Å². The molecule has 3 aromatic carbocycles. The third-order valence-electron chi connectivity index (χ3n) is 17.2. The summed E-state index contributed by atoms with van der Waals surface area (Å²) >= 11 is 0. The van der Waals surface area contributed by atoms with E-state index in [0.717, 1.165) is 55.9 Å². The van der Waals surface area contributed by atoms with Gasteiger partial charge in [0.2, 0.25) is 11.8 Å². The number of aliphatic hydroxyl groups is 1. The third-order valence-corrected chi connectivity index (χ3v) is 35.2. The van der Waals surface area contributed by atoms with Crippen molar-refractivity contribution >= 4 is 51.4 Å². The molecule has 0 saturated heterocycles. The minimum atomic E-state index is -2.06. The molecule has 10 nitrogen and oxygen atoms in total. The van der Waals surface area contributed by atoms with E-state index < -0.39 is 50.5 Å². The van der Waals surface area contributed by atoms with Gasteiger partial charge < -0.3 is 33.4 Å². The number of amides is 2. The quantitative estimate of drug-likeness (QED) is 0.0391. The number of nitrogens with one attached hydrogen (secondary N) is 2. The molecular weight excluding hydrogens is 1010 g/mol. The van der Waals surface area contributed by atoms with Gasteiger partial charge in [-0.2, -0.15) is 0 Å². The molecule has 14 heteroatoms. The molecule has 0 radical (unpaired) electrons. The maximum Gasteiger partial charge on any atom is 0.217 e. The van der Waals surface area contributed by atoms with Crippen molar-refractivity contribution in [2.24, 2.45) is 0 Å². The summed E-state index contributed by atoms with van der Waals surface area (Å²) in [5.41, 5.74) is 4.01. The molecule has 76 heavy (non-hydrogen) atoms. The van der Waals surface area contributed by atoms with Gasteiger partial charge in [0.1, 0.15) is 6.29 Å². The Morgan fingerprint density at radius 3 is 1.11 bits per heavy atom. The van der Waals surface area contributed by atoms with Crippen molar-refractivity contribution < 1.29 is 37.2 Å². The lowest BCUT2D eigenvalue weighted by Crippen LogP contribution is -2.59. The lowest BCUT2D eigenvalue weighted by atomic mass is 9.92. The number of rotatable bonds is 27. The molecule has 0 heterocycles. The maximum atomic E-state index is 12.6. The highest BCUT2D eigenvalue weighted by Crippen LogP contribution is 2.41. The molecule has 0 fully saturated rings. The summed E-state index contributed by atoms with van der Waals surface area (Å²) < 4.78 is 26.8. The number of carbonyl (C=O) groups excluding carboxylic acids is 3. The van der Waals surface area contributed by atoms with Crippen LogP contribution in [0, 0.1) is 0 Å². The first-order chi connectivity index (χ1) is 34.6. The number of hydrogen-bond acceptors (Lipinski definition) is 8. The number of aliphatic hydroxyl groups excluding tert-OH is 1. The second-order valence-electron chi connectivity index (χ2n) is 28.0. The molecule has 1 atom stereocenters. The summed E-state index contributed by atoms with van der Waals surface area (Å²) in [5.74, 6) is -0.146. The highest BCUT2D eigenvalue weighted by molar-refractivity contribution is 6.75. The van der Waals surface area contributed by atoms with E-state index in [9.17, 15) is 19.5 Å². The fourth-order valence-corrected chi connectivity index (χ4v) is 11.7. The van der Waals surface area contributed by atoms with Crippen LogP contribution in [0.3, 0.4) is 0 Å². The van der Waals surface area contributed by atoms with Crippen LogP contribution in [0.2, 0.25) is 72.5 Å². The topological polar surface area (TPSA) is 132 Å². The molecule has 0 saturated carbocycles. The van der Waals surface area contributed by atoms with Crippen molar-refractivity contribution in [2.45, 2.75) is 238 Å². The van der Waals surface area contributed by atoms with Gasteiger partial charge in [-0.1, -0.05) is 168 Å². The van der Waals surface area contributed by atoms with E-state index in [-0.39, 0.29) is 32.0 Å². The van der Waals surface area contributed by atoms with Crippen LogP contribution in [0.4, 0.5) is 0 Å². The predicted molar refractivity (Wildman–Crippen MR) is 330 cm³/mol. The Morgan fingerprint density at radius 1 is 0.487 bits per heavy atom. The van der Waals surface area contributed by atoms with E-state index in [1.807, 2.05) is 30.3 Å². The molecule has 0 aliphatic heterocycles. The van der Waals surface area contributed by atoms with Crippen molar-refractivity contribution in [1.82, 2.24) is 10.6 Å². The summed E-state index contributed by atoms with van der Waals surface area (Å²) in [6, 6.07) is 26.5. The van der Waals surface area contributed by atoms with Crippen molar-refractivity contribution in [3.63, 3.8) is 0 Å². The summed E-state index contributed by atoms with van der Waals surface area (Å²) in [7, 11) is -8.19. The molecule has 2 amide bonds. The number of carbonyl (C=O) groups is 3. The van der Waals surface area contributed by atoms with Gasteiger partial charge in [0.25, 0.3) is 0 Å². The minimum absolute atomic E-state index is 0.0630. The first-order valence-electron chi connectivity index (χ1n) is 28.1. The molecule has 0 aliphatic rings. The lowest BCUT2D eigenvalue weighted by Gasteiger charge is -2.44. The van der Waals surface area contributed by atoms with Crippen molar-refractivity contribution in [3.8, 4) is 0 Å². The molecule has 1 unspecified atom stereocenters. The summed E-state index contributed by atoms with van der Waals surface area (Å²) in [5, 5.41) is 17.6. The van der Waals surface area contributed by atoms with Crippen LogP contribution in [0.15, 0.2) is 78.9 Å². The first-order valence-corrected chi connectivity index (χ1v) is 39.7. The molecular formula is C62H108N2O8Si4. The molecule has 3 aromatic rings. The second-order valence-corrected chi connectivity index (χ2v) is 47.2. The number of aldehydes is 1. The van der Waals surface area contributed by atoms with Gasteiger partial charge in [0.05, 0.1) is 43.6 Å². The van der Waals surface area contributed by atoms with Crippen LogP contribution in [0.5, 0.6) is 0 Å². The van der Waals surface area contributed by atoms with Crippen molar-refractivity contribution in [2.75, 3.05) is 26.4 Å². The Kier molecular flexibility index (Phi) is 25.8. The standard InChI is InChI=1S/C36H61NO4Si2.C26H47NO4Si2/c1-29(38)37-36(27-40-42(8,9)34(2,3)4,28-41-43(10,11)35(5,6)7)26-25-31-21-23-32(24-22-31)33(39)20-16-15-19-30-17-13-12-14-18-30;1-21(29)27-26(19-30-32(8,9)24(2,3)4,20-31-33(10,11)25(5,6)7)17-16-22-12-14-23(18-28)15-13-22/h12-14,17-18,21-24,33,39H,15-16,19-20,25-28H2,1-11H3,(H,37,38);12-15,18H,16-17,19-20H2,1-11H3,(H,27,29). The van der Waals surface area contributed by atoms with E-state index in [2.05, 4.69) is 195 Å². The van der Waals surface area contributed by atoms with E-state index in [4.69, 9.17) is 17.7 Å². The Morgan fingerprint density at radius 2 is 0.803 bits per heavy atom. The zero-order valence-corrected chi connectivity index (χ0v) is 56.0. The second kappa shape index (κ2) is 28.4. The number of aryl methyl sites for hydroxylation is 3. The van der Waals surface area contributed by atoms with E-state index in [1.54, 1.807) is 13.8 Å². The van der Waals surface area contributed by atoms with Crippen molar-refractivity contribution in [1.29, 1.82) is 0 Å². The Hall–Kier alpha value is -3.06. The van der Waals surface area contributed by atoms with Crippen LogP contribution < -0.4 is 10.6 Å². The third kappa shape index (κ3) is 22.6. The molecule has 0 bridgehead atoms. The van der Waals surface area contributed by atoms with Gasteiger partial charge >= 0.3 is 0 Å². The molecule has 430 valence electrons. The van der Waals surface area contributed by atoms with E-state index in [1.165, 1.54) is 11.1 Å². The fourth-order valence-electron chi connectivity index (χ4n) is 7.44. The largest absolute Gasteiger partial charge is 0.414 e. The number of benzene rings is 3. The average Bonchev–Trinajstić information content (AvgIpc) is 3.30. The van der Waals surface area contributed by atoms with Gasteiger partial charge in [-0.15, -0.1) is 0 Å². The molecule has 0 aliphatic carbocycles. The predicted octanol–water partition coefficient (Wildman–Crippen LogP) is 15.3. The van der Waals surface area contributed by atoms with Gasteiger partial charge in [-0.05, 0) is 140 Å². The highest BCUT2D eigenvalue weighted by Gasteiger charge is 2.46. The molecule has 0 aromatic heterocycles. The van der Waals surface area contributed by atoms with Crippen LogP contribution in [-0.4, -0.2) is 94.0 Å². The van der Waals surface area contributed by atoms with Crippen LogP contribution in [0.25, 0.3) is 0 Å². The SMILES string of the molecule is CC(=O)NC(CCc1ccc(C(O)CCCCc2ccccc2)cc1)(CO[Si](C)(C)C(C)(C)C)CO[Si](C)(C)C(C)(C)C.CC(=O)NC(CCc1ccc(C=O)cc1)(CO[Si](C)(C)C(C)(C)C)CO[Si](C)(C)C(C)(C)C. The first kappa shape index (κ1) is 69.0. The molecule has 0 spiro atoms. The normalized spacial score (nSPS) is 13.9. The van der Waals surface area contributed by atoms with Crippen LogP contribution in [0.1, 0.15) is 168 Å². The van der Waals surface area contributed by atoms with Gasteiger partial charge in [-0.3, -0.25) is 14.4 Å². The Balaban J connectivity index is 0.000000539. The fraction of sp³-hybridized carbons (Fsp3) is 0.661. The van der Waals surface area contributed by atoms with Gasteiger partial charge in [0.15, 0.2) is 33.3 Å². The Bertz CT molecular complexity index is 2160. The minimum Gasteiger partial charge on any atom is -0.414 e.